The van der Waals surface area contributed by atoms with Gasteiger partial charge in [0.05, 0.1) is 12.1 Å². The second-order valence-corrected chi connectivity index (χ2v) is 5.00. The Morgan fingerprint density at radius 2 is 2.26 bits per heavy atom. The predicted octanol–water partition coefficient (Wildman–Crippen LogP) is 1.36. The van der Waals surface area contributed by atoms with Gasteiger partial charge in [-0.2, -0.15) is 4.98 Å². The number of hydrogen-bond acceptors (Lipinski definition) is 5. The van der Waals surface area contributed by atoms with Gasteiger partial charge in [-0.05, 0) is 24.5 Å². The minimum Gasteiger partial charge on any atom is -0.392 e. The minimum atomic E-state index is -0.322. The summed E-state index contributed by atoms with van der Waals surface area (Å²) in [5, 5.41) is 16.7. The first-order valence-corrected chi connectivity index (χ1v) is 6.51. The van der Waals surface area contributed by atoms with Gasteiger partial charge in [-0.25, -0.2) is 0 Å². The Balaban J connectivity index is 1.73. The molecule has 2 aromatic rings. The van der Waals surface area contributed by atoms with Crippen LogP contribution in [0.3, 0.4) is 0 Å². The van der Waals surface area contributed by atoms with Gasteiger partial charge in [0, 0.05) is 13.0 Å². The van der Waals surface area contributed by atoms with E-state index >= 15 is 0 Å². The van der Waals surface area contributed by atoms with Crippen LogP contribution in [0.1, 0.15) is 35.3 Å². The first-order chi connectivity index (χ1) is 9.22. The number of nitrogens with one attached hydrogen (secondary N) is 1. The van der Waals surface area contributed by atoms with Gasteiger partial charge >= 0.3 is 0 Å². The lowest BCUT2D eigenvalue weighted by atomic mass is 10.1. The van der Waals surface area contributed by atoms with E-state index in [1.165, 1.54) is 11.1 Å². The lowest BCUT2D eigenvalue weighted by Gasteiger charge is -2.02. The number of nitrogens with zero attached hydrogens (tertiary/aromatic N) is 2. The van der Waals surface area contributed by atoms with Crippen LogP contribution in [0.5, 0.6) is 0 Å². The quantitative estimate of drug-likeness (QED) is 0.871. The number of hydrogen-bond donors (Lipinski definition) is 2. The van der Waals surface area contributed by atoms with Crippen molar-refractivity contribution >= 4 is 0 Å². The Kier molecular flexibility index (Phi) is 3.31. The van der Waals surface area contributed by atoms with Crippen molar-refractivity contribution < 1.29 is 9.63 Å². The van der Waals surface area contributed by atoms with Gasteiger partial charge in [0.1, 0.15) is 0 Å². The average molecular weight is 259 g/mol. The standard InChI is InChI=1S/C14H17N3O2/c1-9-4-2-3-5-10(9)6-13-16-14(19-17-13)12-7-11(18)8-15-12/h2-5,11-12,15,18H,6-8H2,1H3/t11?,12-/m0/s1. The van der Waals surface area contributed by atoms with Crippen LogP contribution in [0.25, 0.3) is 0 Å². The molecule has 1 aromatic carbocycles. The molecule has 2 heterocycles. The van der Waals surface area contributed by atoms with Gasteiger partial charge in [0.15, 0.2) is 5.82 Å². The Labute approximate surface area is 111 Å². The van der Waals surface area contributed by atoms with Crippen LogP contribution in [0.15, 0.2) is 28.8 Å². The maximum atomic E-state index is 9.49. The molecule has 1 fully saturated rings. The molecule has 2 atom stereocenters. The molecule has 19 heavy (non-hydrogen) atoms. The molecule has 1 aromatic heterocycles. The van der Waals surface area contributed by atoms with E-state index in [0.29, 0.717) is 31.1 Å². The maximum absolute atomic E-state index is 9.49. The van der Waals surface area contributed by atoms with E-state index < -0.39 is 0 Å². The van der Waals surface area contributed by atoms with Gasteiger partial charge in [-0.1, -0.05) is 29.4 Å². The number of aliphatic hydroxyl groups excluding tert-OH is 1. The third-order valence-electron chi connectivity index (χ3n) is 3.50. The Hall–Kier alpha value is -1.72. The molecule has 0 amide bonds. The monoisotopic (exact) mass is 259 g/mol. The average Bonchev–Trinajstić information content (AvgIpc) is 3.01. The summed E-state index contributed by atoms with van der Waals surface area (Å²) in [5.74, 6) is 1.26. The first kappa shape index (κ1) is 12.3. The lowest BCUT2D eigenvalue weighted by molar-refractivity contribution is 0.191. The summed E-state index contributed by atoms with van der Waals surface area (Å²) in [7, 11) is 0. The molecule has 0 bridgehead atoms. The second kappa shape index (κ2) is 5.11. The van der Waals surface area contributed by atoms with Crippen LogP contribution in [0.2, 0.25) is 0 Å². The molecule has 0 spiro atoms. The van der Waals surface area contributed by atoms with Crippen LogP contribution in [0.4, 0.5) is 0 Å². The molecule has 1 aliphatic rings. The molecule has 2 N–H and O–H groups in total. The van der Waals surface area contributed by atoms with Crippen LogP contribution >= 0.6 is 0 Å². The fourth-order valence-electron chi connectivity index (χ4n) is 2.36. The van der Waals surface area contributed by atoms with E-state index in [-0.39, 0.29) is 12.1 Å². The number of aryl methyl sites for hydroxylation is 1. The van der Waals surface area contributed by atoms with Crippen molar-refractivity contribution in [1.29, 1.82) is 0 Å². The topological polar surface area (TPSA) is 71.2 Å². The van der Waals surface area contributed by atoms with E-state index in [2.05, 4.69) is 34.5 Å². The molecule has 0 saturated carbocycles. The molecule has 3 rings (SSSR count). The molecule has 5 heteroatoms. The van der Waals surface area contributed by atoms with Crippen LogP contribution in [-0.2, 0) is 6.42 Å². The molecule has 0 aliphatic carbocycles. The highest BCUT2D eigenvalue weighted by Gasteiger charge is 2.28. The Morgan fingerprint density at radius 1 is 1.42 bits per heavy atom. The minimum absolute atomic E-state index is 0.0203. The number of aliphatic hydroxyl groups is 1. The highest BCUT2D eigenvalue weighted by Crippen LogP contribution is 2.22. The van der Waals surface area contributed by atoms with E-state index in [0.717, 1.165) is 0 Å². The van der Waals surface area contributed by atoms with Crippen molar-refractivity contribution in [1.82, 2.24) is 15.5 Å². The fourth-order valence-corrected chi connectivity index (χ4v) is 2.36. The summed E-state index contributed by atoms with van der Waals surface area (Å²) >= 11 is 0. The number of benzene rings is 1. The third-order valence-corrected chi connectivity index (χ3v) is 3.50. The largest absolute Gasteiger partial charge is 0.392 e. The third kappa shape index (κ3) is 2.67. The maximum Gasteiger partial charge on any atom is 0.243 e. The molecule has 0 radical (unpaired) electrons. The van der Waals surface area contributed by atoms with Crippen LogP contribution in [-0.4, -0.2) is 27.9 Å². The molecular formula is C14H17N3O2. The highest BCUT2D eigenvalue weighted by atomic mass is 16.5. The lowest BCUT2D eigenvalue weighted by Crippen LogP contribution is -2.15. The van der Waals surface area contributed by atoms with Crippen molar-refractivity contribution in [3.05, 3.63) is 47.1 Å². The predicted molar refractivity (Wildman–Crippen MR) is 69.7 cm³/mol. The Bertz CT molecular complexity index is 567. The molecule has 5 nitrogen and oxygen atoms in total. The van der Waals surface area contributed by atoms with Crippen molar-refractivity contribution in [2.45, 2.75) is 31.9 Å². The summed E-state index contributed by atoms with van der Waals surface area (Å²) in [6, 6.07) is 8.16. The summed E-state index contributed by atoms with van der Waals surface area (Å²) in [4.78, 5) is 4.41. The zero-order valence-electron chi connectivity index (χ0n) is 10.8. The SMILES string of the molecule is Cc1ccccc1Cc1noc([C@@H]2CC(O)CN2)n1. The normalized spacial score (nSPS) is 22.8. The summed E-state index contributed by atoms with van der Waals surface area (Å²) in [6.07, 6.45) is 0.981. The van der Waals surface area contributed by atoms with Gasteiger partial charge in [0.2, 0.25) is 5.89 Å². The zero-order valence-corrected chi connectivity index (χ0v) is 10.8. The smallest absolute Gasteiger partial charge is 0.243 e. The van der Waals surface area contributed by atoms with Crippen molar-refractivity contribution in [2.24, 2.45) is 0 Å². The van der Waals surface area contributed by atoms with Crippen molar-refractivity contribution in [3.63, 3.8) is 0 Å². The summed E-state index contributed by atoms with van der Waals surface area (Å²) in [5.41, 5.74) is 2.43. The van der Waals surface area contributed by atoms with Gasteiger partial charge in [0.25, 0.3) is 0 Å². The van der Waals surface area contributed by atoms with Crippen LogP contribution < -0.4 is 5.32 Å². The van der Waals surface area contributed by atoms with Gasteiger partial charge in [-0.15, -0.1) is 0 Å². The van der Waals surface area contributed by atoms with Crippen molar-refractivity contribution in [3.8, 4) is 0 Å². The number of β-amino-alcohol motifs (C(OH)–C–C–N with tert-alkyl or cyclic N) is 1. The van der Waals surface area contributed by atoms with Gasteiger partial charge < -0.3 is 14.9 Å². The second-order valence-electron chi connectivity index (χ2n) is 5.00. The van der Waals surface area contributed by atoms with E-state index in [1.54, 1.807) is 0 Å². The zero-order chi connectivity index (χ0) is 13.2. The highest BCUT2D eigenvalue weighted by molar-refractivity contribution is 5.28. The number of aromatic nitrogens is 2. The number of rotatable bonds is 3. The van der Waals surface area contributed by atoms with Crippen LogP contribution in [0, 0.1) is 6.92 Å². The Morgan fingerprint density at radius 3 is 3.00 bits per heavy atom. The molecule has 1 aliphatic heterocycles. The van der Waals surface area contributed by atoms with E-state index in [9.17, 15) is 5.11 Å². The molecular weight excluding hydrogens is 242 g/mol. The van der Waals surface area contributed by atoms with E-state index in [4.69, 9.17) is 4.52 Å². The molecule has 1 saturated heterocycles. The first-order valence-electron chi connectivity index (χ1n) is 6.51. The summed E-state index contributed by atoms with van der Waals surface area (Å²) < 4.78 is 5.27. The fraction of sp³-hybridized carbons (Fsp3) is 0.429. The van der Waals surface area contributed by atoms with Gasteiger partial charge in [-0.3, -0.25) is 0 Å². The van der Waals surface area contributed by atoms with E-state index in [1.807, 2.05) is 12.1 Å². The summed E-state index contributed by atoms with van der Waals surface area (Å²) in [6.45, 7) is 2.66. The molecule has 1 unspecified atom stereocenters. The van der Waals surface area contributed by atoms with Crippen molar-refractivity contribution in [2.75, 3.05) is 6.54 Å². The molecule has 100 valence electrons.